The number of piperazine rings is 1. The van der Waals surface area contributed by atoms with Gasteiger partial charge in [-0.15, -0.1) is 23.4 Å². The highest BCUT2D eigenvalue weighted by Crippen LogP contribution is 2.45. The lowest BCUT2D eigenvalue weighted by molar-refractivity contribution is 0.0980. The average molecular weight is 500 g/mol. The van der Waals surface area contributed by atoms with Gasteiger partial charge in [0.05, 0.1) is 16.8 Å². The Labute approximate surface area is 217 Å². The van der Waals surface area contributed by atoms with E-state index in [0.717, 1.165) is 32.7 Å². The first-order chi connectivity index (χ1) is 17.2. The van der Waals surface area contributed by atoms with Crippen molar-refractivity contribution < 1.29 is 0 Å². The van der Waals surface area contributed by atoms with Gasteiger partial charge in [0.1, 0.15) is 0 Å². The second-order valence-electron chi connectivity index (χ2n) is 9.47. The molecule has 0 spiro atoms. The molecule has 6 rings (SSSR count). The summed E-state index contributed by atoms with van der Waals surface area (Å²) in [7, 11) is 0. The molecule has 0 bridgehead atoms. The molecule has 3 unspecified atom stereocenters. The number of thioether (sulfide) groups is 1. The quantitative estimate of drug-likeness (QED) is 0.302. The van der Waals surface area contributed by atoms with Crippen molar-refractivity contribution in [2.75, 3.05) is 31.5 Å². The van der Waals surface area contributed by atoms with Crippen LogP contribution in [0.5, 0.6) is 0 Å². The molecule has 1 fully saturated rings. The zero-order valence-corrected chi connectivity index (χ0v) is 21.3. The molecule has 2 aliphatic heterocycles. The highest BCUT2D eigenvalue weighted by Gasteiger charge is 2.40. The topological polar surface area (TPSA) is 18.5 Å². The molecular formula is C30H30ClN3S. The monoisotopic (exact) mass is 499 g/mol. The highest BCUT2D eigenvalue weighted by atomic mass is 35.5. The molecular weight excluding hydrogens is 470 g/mol. The fraction of sp³-hybridized carbons (Fsp3) is 0.267. The van der Waals surface area contributed by atoms with E-state index < -0.39 is 0 Å². The van der Waals surface area contributed by atoms with Crippen LogP contribution >= 0.6 is 23.4 Å². The molecule has 1 N–H and O–H groups in total. The van der Waals surface area contributed by atoms with Gasteiger partial charge in [0.15, 0.2) is 0 Å². The van der Waals surface area contributed by atoms with Crippen LogP contribution in [0.2, 0.25) is 0 Å². The summed E-state index contributed by atoms with van der Waals surface area (Å²) in [6.45, 7) is 5.18. The third-order valence-electron chi connectivity index (χ3n) is 7.20. The highest BCUT2D eigenvalue weighted by molar-refractivity contribution is 8.00. The van der Waals surface area contributed by atoms with Crippen LogP contribution in [0.3, 0.4) is 0 Å². The molecule has 2 heterocycles. The lowest BCUT2D eigenvalue weighted by atomic mass is 9.99. The molecule has 178 valence electrons. The summed E-state index contributed by atoms with van der Waals surface area (Å²) in [4.78, 5) is 6.45. The first kappa shape index (κ1) is 22.9. The molecule has 2 aliphatic rings. The molecule has 0 saturated carbocycles. The summed E-state index contributed by atoms with van der Waals surface area (Å²) < 4.78 is 0. The van der Waals surface area contributed by atoms with Crippen LogP contribution in [0.25, 0.3) is 10.8 Å². The number of nitrogens with zero attached hydrogens (tertiary/aromatic N) is 2. The zero-order valence-electron chi connectivity index (χ0n) is 19.7. The van der Waals surface area contributed by atoms with Gasteiger partial charge in [-0.25, -0.2) is 0 Å². The Balaban J connectivity index is 1.17. The number of anilines is 1. The van der Waals surface area contributed by atoms with E-state index in [1.165, 1.54) is 32.5 Å². The summed E-state index contributed by atoms with van der Waals surface area (Å²) >= 11 is 9.06. The number of nitrogens with one attached hydrogen (secondary N) is 1. The van der Waals surface area contributed by atoms with Gasteiger partial charge in [-0.05, 0) is 46.2 Å². The Morgan fingerprint density at radius 1 is 0.771 bits per heavy atom. The van der Waals surface area contributed by atoms with Gasteiger partial charge in [0.25, 0.3) is 0 Å². The number of hydrogen-bond donors (Lipinski definition) is 1. The van der Waals surface area contributed by atoms with Crippen molar-refractivity contribution in [2.24, 2.45) is 0 Å². The van der Waals surface area contributed by atoms with Crippen LogP contribution in [-0.4, -0.2) is 47.4 Å². The van der Waals surface area contributed by atoms with Gasteiger partial charge >= 0.3 is 0 Å². The van der Waals surface area contributed by atoms with E-state index in [2.05, 4.69) is 112 Å². The van der Waals surface area contributed by atoms with E-state index >= 15 is 0 Å². The molecule has 0 aromatic heterocycles. The van der Waals surface area contributed by atoms with Crippen LogP contribution in [0, 0.1) is 0 Å². The summed E-state index contributed by atoms with van der Waals surface area (Å²) in [5.41, 5.74) is 3.76. The van der Waals surface area contributed by atoms with E-state index in [1.807, 2.05) is 11.8 Å². The van der Waals surface area contributed by atoms with Gasteiger partial charge in [-0.1, -0.05) is 72.8 Å². The molecule has 35 heavy (non-hydrogen) atoms. The van der Waals surface area contributed by atoms with Gasteiger partial charge < -0.3 is 5.32 Å². The van der Waals surface area contributed by atoms with Crippen molar-refractivity contribution in [3.05, 3.63) is 108 Å². The lowest BCUT2D eigenvalue weighted by Gasteiger charge is -2.46. The SMILES string of the molecule is ClC1c2ccccc2NC(N2CCN(Cc3ccc4ccccc4c3)CC2)C1Sc1ccccc1. The average Bonchev–Trinajstić information content (AvgIpc) is 2.91. The second-order valence-corrected chi connectivity index (χ2v) is 11.2. The Kier molecular flexibility index (Phi) is 6.71. The molecule has 3 atom stereocenters. The number of hydrogen-bond acceptors (Lipinski definition) is 4. The van der Waals surface area contributed by atoms with Crippen molar-refractivity contribution in [3.8, 4) is 0 Å². The molecule has 4 aromatic rings. The lowest BCUT2D eigenvalue weighted by Crippen LogP contribution is -2.57. The standard InChI is InChI=1S/C30H30ClN3S/c31-28-26-12-6-7-13-27(26)32-30(29(28)35-25-10-2-1-3-11-25)34-18-16-33(17-19-34)21-22-14-15-23-8-4-5-9-24(23)20-22/h1-15,20,28-30,32H,16-19,21H2. The summed E-state index contributed by atoms with van der Waals surface area (Å²) in [5, 5.41) is 6.66. The predicted octanol–water partition coefficient (Wildman–Crippen LogP) is 6.85. The van der Waals surface area contributed by atoms with Crippen molar-refractivity contribution in [1.29, 1.82) is 0 Å². The van der Waals surface area contributed by atoms with Crippen LogP contribution in [0.4, 0.5) is 5.69 Å². The third kappa shape index (κ3) is 4.94. The minimum atomic E-state index is -0.0433. The Morgan fingerprint density at radius 3 is 2.31 bits per heavy atom. The molecule has 3 nitrogen and oxygen atoms in total. The van der Waals surface area contributed by atoms with Gasteiger partial charge in [-0.3, -0.25) is 9.80 Å². The number of halogens is 1. The molecule has 0 amide bonds. The third-order valence-corrected chi connectivity index (χ3v) is 9.20. The van der Waals surface area contributed by atoms with Crippen LogP contribution < -0.4 is 5.32 Å². The van der Waals surface area contributed by atoms with Crippen molar-refractivity contribution in [3.63, 3.8) is 0 Å². The zero-order chi connectivity index (χ0) is 23.6. The van der Waals surface area contributed by atoms with Crippen LogP contribution in [0.1, 0.15) is 16.5 Å². The maximum atomic E-state index is 7.16. The first-order valence-electron chi connectivity index (χ1n) is 12.4. The normalized spacial score (nSPS) is 23.1. The van der Waals surface area contributed by atoms with Crippen molar-refractivity contribution in [1.82, 2.24) is 9.80 Å². The smallest absolute Gasteiger partial charge is 0.0937 e. The largest absolute Gasteiger partial charge is 0.368 e. The van der Waals surface area contributed by atoms with E-state index in [9.17, 15) is 0 Å². The number of alkyl halides is 1. The molecule has 1 saturated heterocycles. The maximum absolute atomic E-state index is 7.16. The Bertz CT molecular complexity index is 1290. The van der Waals surface area contributed by atoms with E-state index in [1.54, 1.807) is 0 Å². The first-order valence-corrected chi connectivity index (χ1v) is 13.7. The summed E-state index contributed by atoms with van der Waals surface area (Å²) in [5.74, 6) is 0. The maximum Gasteiger partial charge on any atom is 0.0937 e. The number of rotatable bonds is 5. The summed E-state index contributed by atoms with van der Waals surface area (Å²) in [6, 6.07) is 34.6. The fourth-order valence-corrected chi connectivity index (χ4v) is 7.07. The van der Waals surface area contributed by atoms with Crippen molar-refractivity contribution in [2.45, 2.75) is 28.2 Å². The Morgan fingerprint density at radius 2 is 1.49 bits per heavy atom. The predicted molar refractivity (Wildman–Crippen MR) is 149 cm³/mol. The number of benzene rings is 4. The fourth-order valence-electron chi connectivity index (χ4n) is 5.32. The van der Waals surface area contributed by atoms with Gasteiger partial charge in [0, 0.05) is 43.3 Å². The molecule has 5 heteroatoms. The number of fused-ring (bicyclic) bond motifs is 2. The molecule has 0 aliphatic carbocycles. The van der Waals surface area contributed by atoms with E-state index in [-0.39, 0.29) is 16.8 Å². The second kappa shape index (κ2) is 10.2. The number of para-hydroxylation sites is 1. The molecule has 0 radical (unpaired) electrons. The van der Waals surface area contributed by atoms with E-state index in [0.29, 0.717) is 0 Å². The minimum Gasteiger partial charge on any atom is -0.368 e. The van der Waals surface area contributed by atoms with Gasteiger partial charge in [0.2, 0.25) is 0 Å². The molecule has 4 aromatic carbocycles. The van der Waals surface area contributed by atoms with E-state index in [4.69, 9.17) is 11.6 Å². The summed E-state index contributed by atoms with van der Waals surface area (Å²) in [6.07, 6.45) is 0.195. The van der Waals surface area contributed by atoms with Crippen molar-refractivity contribution >= 4 is 39.8 Å². The van der Waals surface area contributed by atoms with Crippen LogP contribution in [0.15, 0.2) is 102 Å². The minimum absolute atomic E-state index is 0.0433. The van der Waals surface area contributed by atoms with Crippen LogP contribution in [-0.2, 0) is 6.54 Å². The van der Waals surface area contributed by atoms with Gasteiger partial charge in [-0.2, -0.15) is 0 Å². The Hall–Kier alpha value is -2.50.